The van der Waals surface area contributed by atoms with Crippen LogP contribution in [0.2, 0.25) is 0 Å². The second-order valence-electron chi connectivity index (χ2n) is 5.30. The average Bonchev–Trinajstić information content (AvgIpc) is 2.53. The summed E-state index contributed by atoms with van der Waals surface area (Å²) < 4.78 is 36.8. The molecule has 0 fully saturated rings. The van der Waals surface area contributed by atoms with Crippen LogP contribution in [-0.4, -0.2) is 23.4 Å². The second kappa shape index (κ2) is 8.71. The molecule has 0 aliphatic carbocycles. The Bertz CT molecular complexity index is 792. The van der Waals surface area contributed by atoms with Gasteiger partial charge in [0, 0.05) is 29.7 Å². The maximum absolute atomic E-state index is 12.5. The lowest BCUT2D eigenvalue weighted by molar-refractivity contribution is -0.0512. The number of benzene rings is 1. The fourth-order valence-electron chi connectivity index (χ4n) is 2.32. The van der Waals surface area contributed by atoms with Crippen LogP contribution in [0.3, 0.4) is 0 Å². The van der Waals surface area contributed by atoms with Gasteiger partial charge >= 0.3 is 6.61 Å². The minimum Gasteiger partial charge on any atom is -0.479 e. The molecule has 0 N–H and O–H groups in total. The maximum atomic E-state index is 12.5. The molecule has 2 aromatic rings. The molecule has 7 heteroatoms. The average molecular weight is 367 g/mol. The fourth-order valence-corrected chi connectivity index (χ4v) is 2.57. The number of thioether (sulfide) groups is 1. The largest absolute Gasteiger partial charge is 0.479 e. The van der Waals surface area contributed by atoms with Crippen molar-refractivity contribution in [1.82, 2.24) is 4.57 Å². The molecule has 1 aromatic carbocycles. The van der Waals surface area contributed by atoms with Crippen LogP contribution >= 0.6 is 11.8 Å². The summed E-state index contributed by atoms with van der Waals surface area (Å²) in [5.74, 6) is 0.576. The number of pyridine rings is 1. The van der Waals surface area contributed by atoms with E-state index in [1.807, 2.05) is 36.9 Å². The van der Waals surface area contributed by atoms with Gasteiger partial charge in [-0.3, -0.25) is 4.79 Å². The van der Waals surface area contributed by atoms with Crippen LogP contribution in [0, 0.1) is 13.8 Å². The number of aromatic nitrogens is 1. The van der Waals surface area contributed by atoms with Gasteiger partial charge in [0.05, 0.1) is 0 Å². The molecule has 0 bridgehead atoms. The van der Waals surface area contributed by atoms with Gasteiger partial charge < -0.3 is 14.0 Å². The molecule has 0 spiro atoms. The van der Waals surface area contributed by atoms with Crippen molar-refractivity contribution < 1.29 is 18.3 Å². The van der Waals surface area contributed by atoms with Crippen molar-refractivity contribution in [2.75, 3.05) is 12.2 Å². The zero-order valence-electron chi connectivity index (χ0n) is 14.2. The van der Waals surface area contributed by atoms with E-state index in [9.17, 15) is 13.6 Å². The van der Waals surface area contributed by atoms with E-state index < -0.39 is 6.61 Å². The van der Waals surface area contributed by atoms with Gasteiger partial charge in [0.25, 0.3) is 0 Å². The van der Waals surface area contributed by atoms with E-state index in [4.69, 9.17) is 4.74 Å². The maximum Gasteiger partial charge on any atom is 0.387 e. The molecular weight excluding hydrogens is 348 g/mol. The number of hydrogen-bond acceptors (Lipinski definition) is 4. The van der Waals surface area contributed by atoms with E-state index in [1.165, 1.54) is 17.8 Å². The molecule has 1 heterocycles. The standard InChI is InChI=1S/C18H19F2NO3S/c1-12-8-15(22)9-13(2)21(12)7-6-14-4-5-16(24-18(19)20)17(10-14)23-11-25-3/h4-10,18H,11H2,1-3H3/b7-6+. The molecule has 0 aliphatic rings. The first-order valence-electron chi connectivity index (χ1n) is 7.49. The SMILES string of the molecule is CSCOc1cc(/C=C/n2c(C)cc(=O)cc2C)ccc1OC(F)F. The van der Waals surface area contributed by atoms with E-state index in [1.54, 1.807) is 24.3 Å². The molecule has 134 valence electrons. The van der Waals surface area contributed by atoms with E-state index in [0.717, 1.165) is 17.0 Å². The highest BCUT2D eigenvalue weighted by Crippen LogP contribution is 2.31. The van der Waals surface area contributed by atoms with Crippen molar-refractivity contribution in [2.24, 2.45) is 0 Å². The zero-order chi connectivity index (χ0) is 18.4. The highest BCUT2D eigenvalue weighted by atomic mass is 32.2. The molecule has 2 rings (SSSR count). The third-order valence-electron chi connectivity index (χ3n) is 3.39. The lowest BCUT2D eigenvalue weighted by atomic mass is 10.2. The predicted octanol–water partition coefficient (Wildman–Crippen LogP) is 4.39. The number of nitrogens with zero attached hydrogens (tertiary/aromatic N) is 1. The molecule has 0 saturated carbocycles. The van der Waals surface area contributed by atoms with Gasteiger partial charge in [-0.05, 0) is 43.9 Å². The third-order valence-corrected chi connectivity index (χ3v) is 3.75. The Morgan fingerprint density at radius 1 is 1.16 bits per heavy atom. The first-order chi connectivity index (χ1) is 11.9. The number of rotatable bonds is 7. The quantitative estimate of drug-likeness (QED) is 0.681. The molecule has 0 amide bonds. The molecule has 0 atom stereocenters. The molecule has 1 aromatic heterocycles. The molecule has 25 heavy (non-hydrogen) atoms. The van der Waals surface area contributed by atoms with Crippen molar-refractivity contribution in [3.63, 3.8) is 0 Å². The number of halogens is 2. The monoisotopic (exact) mass is 367 g/mol. The van der Waals surface area contributed by atoms with Crippen molar-refractivity contribution >= 4 is 24.0 Å². The fraction of sp³-hybridized carbons (Fsp3) is 0.278. The third kappa shape index (κ3) is 5.35. The first-order valence-corrected chi connectivity index (χ1v) is 8.88. The van der Waals surface area contributed by atoms with E-state index in [0.29, 0.717) is 5.94 Å². The van der Waals surface area contributed by atoms with Gasteiger partial charge in [-0.1, -0.05) is 6.07 Å². The summed E-state index contributed by atoms with van der Waals surface area (Å²) in [5, 5.41) is 0. The predicted molar refractivity (Wildman–Crippen MR) is 97.5 cm³/mol. The normalized spacial score (nSPS) is 11.3. The van der Waals surface area contributed by atoms with Gasteiger partial charge in [-0.25, -0.2) is 0 Å². The minimum atomic E-state index is -2.91. The van der Waals surface area contributed by atoms with Gasteiger partial charge in [0.2, 0.25) is 0 Å². The molecular formula is C18H19F2NO3S. The number of ether oxygens (including phenoxy) is 2. The number of hydrogen-bond donors (Lipinski definition) is 0. The van der Waals surface area contributed by atoms with Crippen molar-refractivity contribution in [1.29, 1.82) is 0 Å². The lowest BCUT2D eigenvalue weighted by Gasteiger charge is -2.12. The van der Waals surface area contributed by atoms with Crippen molar-refractivity contribution in [3.05, 3.63) is 57.5 Å². The second-order valence-corrected chi connectivity index (χ2v) is 6.11. The van der Waals surface area contributed by atoms with Crippen LogP contribution in [-0.2, 0) is 0 Å². The summed E-state index contributed by atoms with van der Waals surface area (Å²) in [4.78, 5) is 11.5. The van der Waals surface area contributed by atoms with Gasteiger partial charge in [0.1, 0.15) is 5.94 Å². The molecule has 4 nitrogen and oxygen atoms in total. The zero-order valence-corrected chi connectivity index (χ0v) is 15.0. The summed E-state index contributed by atoms with van der Waals surface area (Å²) in [6.45, 7) is 0.765. The van der Waals surface area contributed by atoms with Crippen LogP contribution < -0.4 is 14.9 Å². The van der Waals surface area contributed by atoms with Crippen molar-refractivity contribution in [3.8, 4) is 11.5 Å². The van der Waals surface area contributed by atoms with Crippen LogP contribution in [0.15, 0.2) is 35.1 Å². The van der Waals surface area contributed by atoms with E-state index >= 15 is 0 Å². The Labute approximate surface area is 149 Å². The van der Waals surface area contributed by atoms with Crippen LogP contribution in [0.25, 0.3) is 12.3 Å². The Morgan fingerprint density at radius 2 is 1.84 bits per heavy atom. The first kappa shape index (κ1) is 19.1. The number of aryl methyl sites for hydroxylation is 2. The highest BCUT2D eigenvalue weighted by molar-refractivity contribution is 7.98. The molecule has 0 radical (unpaired) electrons. The summed E-state index contributed by atoms with van der Waals surface area (Å²) in [5.41, 5.74) is 2.33. The smallest absolute Gasteiger partial charge is 0.387 e. The van der Waals surface area contributed by atoms with E-state index in [-0.39, 0.29) is 16.9 Å². The Balaban J connectivity index is 2.31. The van der Waals surface area contributed by atoms with Gasteiger partial charge in [0.15, 0.2) is 16.9 Å². The summed E-state index contributed by atoms with van der Waals surface area (Å²) >= 11 is 1.43. The lowest BCUT2D eigenvalue weighted by Crippen LogP contribution is -2.08. The van der Waals surface area contributed by atoms with Crippen LogP contribution in [0.1, 0.15) is 17.0 Å². The van der Waals surface area contributed by atoms with Crippen LogP contribution in [0.5, 0.6) is 11.5 Å². The van der Waals surface area contributed by atoms with E-state index in [2.05, 4.69) is 4.74 Å². The van der Waals surface area contributed by atoms with Crippen LogP contribution in [0.4, 0.5) is 8.78 Å². The minimum absolute atomic E-state index is 0.00285. The van der Waals surface area contributed by atoms with Gasteiger partial charge in [-0.15, -0.1) is 11.8 Å². The topological polar surface area (TPSA) is 40.5 Å². The summed E-state index contributed by atoms with van der Waals surface area (Å²) in [7, 11) is 0. The van der Waals surface area contributed by atoms with Gasteiger partial charge in [-0.2, -0.15) is 8.78 Å². The molecule has 0 saturated heterocycles. The van der Waals surface area contributed by atoms with Crippen molar-refractivity contribution in [2.45, 2.75) is 20.5 Å². The molecule has 0 aliphatic heterocycles. The summed E-state index contributed by atoms with van der Waals surface area (Å²) in [6, 6.07) is 7.84. The Kier molecular flexibility index (Phi) is 6.64. The summed E-state index contributed by atoms with van der Waals surface area (Å²) in [6.07, 6.45) is 5.47. The molecule has 0 unspecified atom stereocenters. The Morgan fingerprint density at radius 3 is 2.44 bits per heavy atom. The Hall–Kier alpha value is -2.28. The highest BCUT2D eigenvalue weighted by Gasteiger charge is 2.11. The number of alkyl halides is 2.